The number of hydrogen-bond donors (Lipinski definition) is 3. The van der Waals surface area contributed by atoms with Crippen molar-refractivity contribution in [2.45, 2.75) is 199 Å². The van der Waals surface area contributed by atoms with Crippen LogP contribution in [0.5, 0.6) is 0 Å². The predicted molar refractivity (Wildman–Crippen MR) is 222 cm³/mol. The molecule has 0 aromatic rings. The fourth-order valence-corrected chi connectivity index (χ4v) is 6.44. The minimum absolute atomic E-state index is 0.144. The molecule has 12 heteroatoms. The van der Waals surface area contributed by atoms with Gasteiger partial charge in [0.05, 0.1) is 13.2 Å². The maximum absolute atomic E-state index is 12.6. The van der Waals surface area contributed by atoms with Gasteiger partial charge in [0.2, 0.25) is 0 Å². The maximum atomic E-state index is 12.6. The minimum Gasteiger partial charge on any atom is -0.480 e. The van der Waals surface area contributed by atoms with Crippen molar-refractivity contribution < 1.29 is 47.5 Å². The Hall–Kier alpha value is -2.30. The molecule has 4 N–H and O–H groups in total. The first-order valence-corrected chi connectivity index (χ1v) is 23.0. The molecule has 0 aromatic heterocycles. The number of carboxylic acid groups (broad SMARTS) is 1. The molecule has 0 rings (SSSR count). The van der Waals surface area contributed by atoms with Gasteiger partial charge in [0.1, 0.15) is 12.6 Å². The average molecular weight is 800 g/mol. The van der Waals surface area contributed by atoms with E-state index in [0.29, 0.717) is 12.8 Å². The van der Waals surface area contributed by atoms with Crippen molar-refractivity contribution in [2.24, 2.45) is 5.73 Å². The Morgan fingerprint density at radius 3 is 1.49 bits per heavy atom. The Morgan fingerprint density at radius 1 is 0.564 bits per heavy atom. The van der Waals surface area contributed by atoms with Crippen molar-refractivity contribution in [3.05, 3.63) is 36.5 Å². The van der Waals surface area contributed by atoms with Gasteiger partial charge in [-0.25, -0.2) is 4.57 Å². The molecule has 55 heavy (non-hydrogen) atoms. The third-order valence-electron chi connectivity index (χ3n) is 9.11. The zero-order valence-corrected chi connectivity index (χ0v) is 35.4. The highest BCUT2D eigenvalue weighted by Crippen LogP contribution is 2.43. The van der Waals surface area contributed by atoms with Gasteiger partial charge in [-0.3, -0.25) is 23.4 Å². The lowest BCUT2D eigenvalue weighted by Gasteiger charge is -2.20. The van der Waals surface area contributed by atoms with Crippen LogP contribution >= 0.6 is 7.82 Å². The second kappa shape index (κ2) is 38.6. The van der Waals surface area contributed by atoms with Crippen LogP contribution in [0.2, 0.25) is 0 Å². The molecule has 0 saturated heterocycles. The fraction of sp³-hybridized carbons (Fsp3) is 0.791. The van der Waals surface area contributed by atoms with Crippen molar-refractivity contribution in [3.63, 3.8) is 0 Å². The van der Waals surface area contributed by atoms with Gasteiger partial charge in [0.15, 0.2) is 6.10 Å². The molecule has 0 heterocycles. The molecular formula is C43H78NO10P. The number of aliphatic carboxylic acids is 1. The molecule has 0 aliphatic heterocycles. The fourth-order valence-electron chi connectivity index (χ4n) is 5.66. The van der Waals surface area contributed by atoms with Crippen LogP contribution in [-0.4, -0.2) is 59.9 Å². The number of hydrogen-bond acceptors (Lipinski definition) is 9. The summed E-state index contributed by atoms with van der Waals surface area (Å²) in [5.41, 5.74) is 5.33. The Balaban J connectivity index is 4.38. The van der Waals surface area contributed by atoms with Crippen LogP contribution in [-0.2, 0) is 37.5 Å². The monoisotopic (exact) mass is 800 g/mol. The number of allylic oxidation sites excluding steroid dienone is 6. The van der Waals surface area contributed by atoms with Crippen LogP contribution in [0.4, 0.5) is 0 Å². The van der Waals surface area contributed by atoms with Gasteiger partial charge >= 0.3 is 25.7 Å². The van der Waals surface area contributed by atoms with E-state index in [1.54, 1.807) is 0 Å². The Bertz CT molecular complexity index is 1080. The summed E-state index contributed by atoms with van der Waals surface area (Å²) >= 11 is 0. The molecule has 0 fully saturated rings. The molecule has 3 atom stereocenters. The van der Waals surface area contributed by atoms with E-state index in [-0.39, 0.29) is 19.4 Å². The summed E-state index contributed by atoms with van der Waals surface area (Å²) in [7, 11) is -4.72. The van der Waals surface area contributed by atoms with E-state index in [1.165, 1.54) is 77.0 Å². The largest absolute Gasteiger partial charge is 0.480 e. The molecule has 0 amide bonds. The standard InChI is InChI=1S/C43H78NO10P/c1-3-5-7-9-11-13-15-17-19-20-21-23-24-26-28-30-32-34-41(45)51-36-39(37-52-55(49,50)53-38-40(44)43(47)48)54-42(46)35-33-31-29-27-25-22-18-16-14-12-10-8-6-4-2/h10,12,16-19,39-40H,3-9,11,13-15,20-38,44H2,1-2H3,(H,47,48)(H,49,50)/b12-10-,18-16-,19-17-. The van der Waals surface area contributed by atoms with Crippen molar-refractivity contribution in [3.8, 4) is 0 Å². The number of carbonyl (C=O) groups excluding carboxylic acids is 2. The smallest absolute Gasteiger partial charge is 0.472 e. The van der Waals surface area contributed by atoms with E-state index in [0.717, 1.165) is 70.6 Å². The molecule has 3 unspecified atom stereocenters. The number of carboxylic acids is 1. The summed E-state index contributed by atoms with van der Waals surface area (Å²) in [6.45, 7) is 2.74. The van der Waals surface area contributed by atoms with E-state index < -0.39 is 51.1 Å². The summed E-state index contributed by atoms with van der Waals surface area (Å²) in [4.78, 5) is 45.9. The molecule has 11 nitrogen and oxygen atoms in total. The first kappa shape index (κ1) is 52.7. The molecule has 0 radical (unpaired) electrons. The Morgan fingerprint density at radius 2 is 0.982 bits per heavy atom. The third-order valence-corrected chi connectivity index (χ3v) is 10.1. The molecular weight excluding hydrogens is 721 g/mol. The quantitative estimate of drug-likeness (QED) is 0.0233. The van der Waals surface area contributed by atoms with E-state index in [9.17, 15) is 23.8 Å². The highest BCUT2D eigenvalue weighted by molar-refractivity contribution is 7.47. The molecule has 0 aliphatic rings. The SMILES string of the molecule is CCCC/C=C\C/C=C\CCCCCCCC(=O)OC(COC(=O)CCCCCCCCC/C=C\CCCCCCCC)COP(=O)(O)OCC(N)C(=O)O. The second-order valence-electron chi connectivity index (χ2n) is 14.5. The number of phosphoric acid groups is 1. The molecule has 0 aromatic carbocycles. The zero-order chi connectivity index (χ0) is 40.7. The van der Waals surface area contributed by atoms with E-state index in [4.69, 9.17) is 24.8 Å². The van der Waals surface area contributed by atoms with Crippen LogP contribution in [0.15, 0.2) is 36.5 Å². The molecule has 0 aliphatic carbocycles. The summed E-state index contributed by atoms with van der Waals surface area (Å²) in [6.07, 6.45) is 40.6. The van der Waals surface area contributed by atoms with Gasteiger partial charge in [-0.05, 0) is 64.2 Å². The lowest BCUT2D eigenvalue weighted by atomic mass is 10.1. The number of unbranched alkanes of at least 4 members (excludes halogenated alkanes) is 20. The van der Waals surface area contributed by atoms with Crippen molar-refractivity contribution in [2.75, 3.05) is 19.8 Å². The number of rotatable bonds is 40. The van der Waals surface area contributed by atoms with Crippen LogP contribution in [0, 0.1) is 0 Å². The van der Waals surface area contributed by atoms with Crippen molar-refractivity contribution in [1.82, 2.24) is 0 Å². The summed E-state index contributed by atoms with van der Waals surface area (Å²) in [6, 6.07) is -1.52. The summed E-state index contributed by atoms with van der Waals surface area (Å²) in [5.74, 6) is -2.40. The molecule has 0 bridgehead atoms. The van der Waals surface area contributed by atoms with Gasteiger partial charge < -0.3 is 25.2 Å². The molecule has 320 valence electrons. The van der Waals surface area contributed by atoms with Crippen molar-refractivity contribution in [1.29, 1.82) is 0 Å². The number of carbonyl (C=O) groups is 3. The lowest BCUT2D eigenvalue weighted by Crippen LogP contribution is -2.34. The van der Waals surface area contributed by atoms with Crippen LogP contribution in [0.25, 0.3) is 0 Å². The Labute approximate surface area is 333 Å². The highest BCUT2D eigenvalue weighted by Gasteiger charge is 2.28. The van der Waals surface area contributed by atoms with Gasteiger partial charge in [0.25, 0.3) is 0 Å². The van der Waals surface area contributed by atoms with E-state index in [2.05, 4.69) is 54.8 Å². The van der Waals surface area contributed by atoms with Crippen molar-refractivity contribution >= 4 is 25.7 Å². The maximum Gasteiger partial charge on any atom is 0.472 e. The highest BCUT2D eigenvalue weighted by atomic mass is 31.2. The zero-order valence-electron chi connectivity index (χ0n) is 34.5. The molecule has 0 spiro atoms. The van der Waals surface area contributed by atoms with Crippen LogP contribution in [0.3, 0.4) is 0 Å². The first-order valence-electron chi connectivity index (χ1n) is 21.5. The average Bonchev–Trinajstić information content (AvgIpc) is 3.16. The second-order valence-corrected chi connectivity index (χ2v) is 15.9. The summed E-state index contributed by atoms with van der Waals surface area (Å²) in [5, 5.41) is 8.88. The van der Waals surface area contributed by atoms with Crippen LogP contribution < -0.4 is 5.73 Å². The van der Waals surface area contributed by atoms with Gasteiger partial charge in [-0.15, -0.1) is 0 Å². The number of phosphoric ester groups is 1. The Kier molecular flexibility index (Phi) is 37.0. The lowest BCUT2D eigenvalue weighted by molar-refractivity contribution is -0.161. The van der Waals surface area contributed by atoms with Gasteiger partial charge in [-0.1, -0.05) is 147 Å². The van der Waals surface area contributed by atoms with E-state index in [1.807, 2.05) is 0 Å². The van der Waals surface area contributed by atoms with Gasteiger partial charge in [0, 0.05) is 12.8 Å². The van der Waals surface area contributed by atoms with E-state index >= 15 is 0 Å². The topological polar surface area (TPSA) is 172 Å². The minimum atomic E-state index is -4.72. The number of esters is 2. The number of ether oxygens (including phenoxy) is 2. The molecule has 0 saturated carbocycles. The van der Waals surface area contributed by atoms with Crippen LogP contribution in [0.1, 0.15) is 187 Å². The first-order chi connectivity index (χ1) is 26.6. The third kappa shape index (κ3) is 38.4. The predicted octanol–water partition coefficient (Wildman–Crippen LogP) is 11.2. The normalized spacial score (nSPS) is 14.1. The number of nitrogens with two attached hydrogens (primary N) is 1. The van der Waals surface area contributed by atoms with Gasteiger partial charge in [-0.2, -0.15) is 0 Å². The summed E-state index contributed by atoms with van der Waals surface area (Å²) < 4.78 is 32.7.